The molecule has 0 atom stereocenters. The quantitative estimate of drug-likeness (QED) is 0.910. The minimum atomic E-state index is -0.810. The van der Waals surface area contributed by atoms with E-state index in [1.165, 1.54) is 18.2 Å². The molecule has 0 saturated heterocycles. The molecule has 1 aromatic carbocycles. The lowest BCUT2D eigenvalue weighted by atomic mass is 9.79. The molecule has 0 spiro atoms. The average molecular weight is 265 g/mol. The fourth-order valence-electron chi connectivity index (χ4n) is 2.33. The van der Waals surface area contributed by atoms with E-state index >= 15 is 0 Å². The molecule has 1 N–H and O–H groups in total. The van der Waals surface area contributed by atoms with Gasteiger partial charge >= 0.3 is 5.97 Å². The van der Waals surface area contributed by atoms with E-state index in [1.807, 2.05) is 0 Å². The molecule has 0 aliphatic heterocycles. The molecule has 1 fully saturated rings. The largest absolute Gasteiger partial charge is 0.481 e. The van der Waals surface area contributed by atoms with Gasteiger partial charge in [-0.3, -0.25) is 9.59 Å². The molecule has 102 valence electrons. The summed E-state index contributed by atoms with van der Waals surface area (Å²) in [6, 6.07) is 4.01. The third-order valence-electron chi connectivity index (χ3n) is 3.75. The lowest BCUT2D eigenvalue weighted by Gasteiger charge is -2.39. The number of hydrogen-bond donors (Lipinski definition) is 1. The molecule has 1 amide bonds. The van der Waals surface area contributed by atoms with Crippen molar-refractivity contribution in [3.8, 4) is 0 Å². The first-order valence-corrected chi connectivity index (χ1v) is 6.16. The minimum Gasteiger partial charge on any atom is -0.481 e. The van der Waals surface area contributed by atoms with Gasteiger partial charge in [0.1, 0.15) is 5.82 Å². The molecule has 19 heavy (non-hydrogen) atoms. The first kappa shape index (κ1) is 13.5. The standard InChI is InChI=1S/C14H16FNO3/c1-8-5-10(15)3-4-12(8)13(17)16(2)11-6-9(7-11)14(18)19/h3-5,9,11H,6-7H2,1-2H3,(H,18,19). The predicted molar refractivity (Wildman–Crippen MR) is 67.4 cm³/mol. The Morgan fingerprint density at radius 1 is 1.37 bits per heavy atom. The third kappa shape index (κ3) is 2.59. The summed E-state index contributed by atoms with van der Waals surface area (Å²) < 4.78 is 13.0. The number of carboxylic acids is 1. The molecule has 5 heteroatoms. The Kier molecular flexibility index (Phi) is 3.55. The van der Waals surface area contributed by atoms with Gasteiger partial charge in [-0.05, 0) is 43.5 Å². The lowest BCUT2D eigenvalue weighted by Crippen LogP contribution is -2.47. The molecule has 1 saturated carbocycles. The van der Waals surface area contributed by atoms with Crippen LogP contribution in [-0.2, 0) is 4.79 Å². The number of nitrogens with zero attached hydrogens (tertiary/aromatic N) is 1. The van der Waals surface area contributed by atoms with E-state index in [-0.39, 0.29) is 23.7 Å². The normalized spacial score (nSPS) is 21.6. The van der Waals surface area contributed by atoms with E-state index in [9.17, 15) is 14.0 Å². The highest BCUT2D eigenvalue weighted by molar-refractivity contribution is 5.95. The van der Waals surface area contributed by atoms with Crippen molar-refractivity contribution in [3.63, 3.8) is 0 Å². The number of amides is 1. The number of rotatable bonds is 3. The highest BCUT2D eigenvalue weighted by Gasteiger charge is 2.38. The lowest BCUT2D eigenvalue weighted by molar-refractivity contribution is -0.146. The van der Waals surface area contributed by atoms with Crippen molar-refractivity contribution >= 4 is 11.9 Å². The van der Waals surface area contributed by atoms with Gasteiger partial charge in [-0.15, -0.1) is 0 Å². The summed E-state index contributed by atoms with van der Waals surface area (Å²) in [6.07, 6.45) is 0.968. The summed E-state index contributed by atoms with van der Waals surface area (Å²) in [4.78, 5) is 24.5. The summed E-state index contributed by atoms with van der Waals surface area (Å²) in [6.45, 7) is 1.69. The molecule has 4 nitrogen and oxygen atoms in total. The second-order valence-corrected chi connectivity index (χ2v) is 5.04. The van der Waals surface area contributed by atoms with E-state index in [4.69, 9.17) is 5.11 Å². The number of carbonyl (C=O) groups is 2. The summed E-state index contributed by atoms with van der Waals surface area (Å²) in [7, 11) is 1.66. The van der Waals surface area contributed by atoms with E-state index < -0.39 is 5.97 Å². The van der Waals surface area contributed by atoms with Gasteiger partial charge in [-0.25, -0.2) is 4.39 Å². The van der Waals surface area contributed by atoms with Gasteiger partial charge in [0, 0.05) is 18.7 Å². The highest BCUT2D eigenvalue weighted by atomic mass is 19.1. The number of benzene rings is 1. The van der Waals surface area contributed by atoms with Crippen molar-refractivity contribution < 1.29 is 19.1 Å². The fourth-order valence-corrected chi connectivity index (χ4v) is 2.33. The zero-order valence-corrected chi connectivity index (χ0v) is 10.9. The SMILES string of the molecule is Cc1cc(F)ccc1C(=O)N(C)C1CC(C(=O)O)C1. The molecule has 0 bridgehead atoms. The minimum absolute atomic E-state index is 0.0435. The molecule has 0 heterocycles. The Bertz CT molecular complexity index is 523. The van der Waals surface area contributed by atoms with Gasteiger partial charge in [0.25, 0.3) is 5.91 Å². The number of carboxylic acid groups (broad SMARTS) is 1. The van der Waals surface area contributed by atoms with Crippen molar-refractivity contribution in [3.05, 3.63) is 35.1 Å². The van der Waals surface area contributed by atoms with Crippen LogP contribution in [0.1, 0.15) is 28.8 Å². The zero-order chi connectivity index (χ0) is 14.2. The summed E-state index contributed by atoms with van der Waals surface area (Å²) in [5.74, 6) is -1.72. The summed E-state index contributed by atoms with van der Waals surface area (Å²) in [5, 5.41) is 8.82. The van der Waals surface area contributed by atoms with Crippen LogP contribution in [0, 0.1) is 18.7 Å². The van der Waals surface area contributed by atoms with Gasteiger partial charge in [0.15, 0.2) is 0 Å². The Morgan fingerprint density at radius 2 is 2.00 bits per heavy atom. The van der Waals surface area contributed by atoms with Crippen molar-refractivity contribution in [1.29, 1.82) is 0 Å². The summed E-state index contributed by atoms with van der Waals surface area (Å²) >= 11 is 0. The van der Waals surface area contributed by atoms with Gasteiger partial charge in [0.2, 0.25) is 0 Å². The van der Waals surface area contributed by atoms with Crippen LogP contribution < -0.4 is 0 Å². The fraction of sp³-hybridized carbons (Fsp3) is 0.429. The van der Waals surface area contributed by atoms with E-state index in [1.54, 1.807) is 18.9 Å². The topological polar surface area (TPSA) is 57.6 Å². The van der Waals surface area contributed by atoms with Crippen molar-refractivity contribution in [1.82, 2.24) is 4.90 Å². The Labute approximate surface area is 110 Å². The molecular weight excluding hydrogens is 249 g/mol. The monoisotopic (exact) mass is 265 g/mol. The highest BCUT2D eigenvalue weighted by Crippen LogP contribution is 2.32. The molecule has 0 aromatic heterocycles. The average Bonchev–Trinajstić information content (AvgIpc) is 2.25. The maximum Gasteiger partial charge on any atom is 0.306 e. The van der Waals surface area contributed by atoms with Gasteiger partial charge < -0.3 is 10.0 Å². The van der Waals surface area contributed by atoms with Crippen LogP contribution >= 0.6 is 0 Å². The first-order chi connectivity index (χ1) is 8.90. The smallest absolute Gasteiger partial charge is 0.306 e. The molecule has 0 radical (unpaired) electrons. The Morgan fingerprint density at radius 3 is 2.53 bits per heavy atom. The summed E-state index contributed by atoms with van der Waals surface area (Å²) in [5.41, 5.74) is 1.05. The number of hydrogen-bond acceptors (Lipinski definition) is 2. The molecule has 1 aliphatic carbocycles. The number of aliphatic carboxylic acids is 1. The van der Waals surface area contributed by atoms with Gasteiger partial charge in [0.05, 0.1) is 5.92 Å². The second kappa shape index (κ2) is 4.99. The van der Waals surface area contributed by atoms with E-state index in [2.05, 4.69) is 0 Å². The van der Waals surface area contributed by atoms with E-state index in [0.29, 0.717) is 24.0 Å². The van der Waals surface area contributed by atoms with Crippen LogP contribution in [0.25, 0.3) is 0 Å². The first-order valence-electron chi connectivity index (χ1n) is 6.16. The van der Waals surface area contributed by atoms with E-state index in [0.717, 1.165) is 0 Å². The van der Waals surface area contributed by atoms with Gasteiger partial charge in [-0.1, -0.05) is 0 Å². The molecular formula is C14H16FNO3. The Hall–Kier alpha value is -1.91. The van der Waals surface area contributed by atoms with Crippen LogP contribution in [0.15, 0.2) is 18.2 Å². The molecule has 0 unspecified atom stereocenters. The van der Waals surface area contributed by atoms with Crippen LogP contribution in [0.4, 0.5) is 4.39 Å². The molecule has 2 rings (SSSR count). The second-order valence-electron chi connectivity index (χ2n) is 5.04. The van der Waals surface area contributed by atoms with Gasteiger partial charge in [-0.2, -0.15) is 0 Å². The predicted octanol–water partition coefficient (Wildman–Crippen LogP) is 2.07. The molecule has 1 aromatic rings. The van der Waals surface area contributed by atoms with Crippen molar-refractivity contribution in [2.24, 2.45) is 5.92 Å². The van der Waals surface area contributed by atoms with Crippen molar-refractivity contribution in [2.75, 3.05) is 7.05 Å². The van der Waals surface area contributed by atoms with Crippen LogP contribution in [-0.4, -0.2) is 35.0 Å². The Balaban J connectivity index is 2.06. The van der Waals surface area contributed by atoms with Crippen LogP contribution in [0.3, 0.4) is 0 Å². The zero-order valence-electron chi connectivity index (χ0n) is 10.9. The maximum atomic E-state index is 13.0. The molecule has 1 aliphatic rings. The number of carbonyl (C=O) groups excluding carboxylic acids is 1. The number of aryl methyl sites for hydroxylation is 1. The maximum absolute atomic E-state index is 13.0. The third-order valence-corrected chi connectivity index (χ3v) is 3.75. The van der Waals surface area contributed by atoms with Crippen molar-refractivity contribution in [2.45, 2.75) is 25.8 Å². The number of halogens is 1. The van der Waals surface area contributed by atoms with Crippen LogP contribution in [0.5, 0.6) is 0 Å². The van der Waals surface area contributed by atoms with Crippen LogP contribution in [0.2, 0.25) is 0 Å².